The van der Waals surface area contributed by atoms with Crippen LogP contribution in [0.2, 0.25) is 0 Å². The molecule has 2 amide bonds. The van der Waals surface area contributed by atoms with Gasteiger partial charge in [0.1, 0.15) is 5.75 Å². The third-order valence-electron chi connectivity index (χ3n) is 3.31. The molecule has 0 aliphatic carbocycles. The minimum atomic E-state index is -0.165. The summed E-state index contributed by atoms with van der Waals surface area (Å²) in [7, 11) is 0. The number of anilines is 2. The van der Waals surface area contributed by atoms with Crippen LogP contribution in [-0.4, -0.2) is 31.5 Å². The van der Waals surface area contributed by atoms with E-state index in [4.69, 9.17) is 4.74 Å². The van der Waals surface area contributed by atoms with Crippen molar-refractivity contribution in [1.29, 1.82) is 0 Å². The van der Waals surface area contributed by atoms with Gasteiger partial charge in [0.15, 0.2) is 6.61 Å². The Balaban J connectivity index is 1.71. The molecule has 0 bridgehead atoms. The quantitative estimate of drug-likeness (QED) is 0.727. The highest BCUT2D eigenvalue weighted by Gasteiger charge is 2.23. The monoisotopic (exact) mass is 261 g/mol. The Morgan fingerprint density at radius 1 is 1.42 bits per heavy atom. The molecule has 1 saturated heterocycles. The third-order valence-corrected chi connectivity index (χ3v) is 3.31. The molecule has 2 aliphatic rings. The van der Waals surface area contributed by atoms with Crippen molar-refractivity contribution in [3.63, 3.8) is 0 Å². The lowest BCUT2D eigenvalue weighted by Crippen LogP contribution is -2.26. The zero-order valence-corrected chi connectivity index (χ0v) is 10.4. The van der Waals surface area contributed by atoms with Crippen LogP contribution in [0.25, 0.3) is 0 Å². The summed E-state index contributed by atoms with van der Waals surface area (Å²) in [5, 5.41) is 8.74. The highest BCUT2D eigenvalue weighted by Crippen LogP contribution is 2.30. The van der Waals surface area contributed by atoms with Crippen LogP contribution in [0, 0.1) is 5.92 Å². The van der Waals surface area contributed by atoms with Crippen molar-refractivity contribution in [2.75, 3.05) is 30.3 Å². The number of carbonyl (C=O) groups excluding carboxylic acids is 2. The van der Waals surface area contributed by atoms with E-state index in [1.54, 1.807) is 18.2 Å². The van der Waals surface area contributed by atoms with E-state index in [2.05, 4.69) is 16.0 Å². The minimum Gasteiger partial charge on any atom is -0.482 e. The van der Waals surface area contributed by atoms with E-state index < -0.39 is 0 Å². The smallest absolute Gasteiger partial charge is 0.262 e. The zero-order chi connectivity index (χ0) is 13.2. The van der Waals surface area contributed by atoms with E-state index >= 15 is 0 Å². The SMILES string of the molecule is O=C1COc2cc(NC(=O)C3CCNC3)ccc2N1. The summed E-state index contributed by atoms with van der Waals surface area (Å²) in [6, 6.07) is 5.22. The summed E-state index contributed by atoms with van der Waals surface area (Å²) in [6.07, 6.45) is 0.864. The molecule has 6 heteroatoms. The molecular formula is C13H15N3O3. The van der Waals surface area contributed by atoms with Crippen LogP contribution in [0.5, 0.6) is 5.75 Å². The molecule has 1 fully saturated rings. The summed E-state index contributed by atoms with van der Waals surface area (Å²) in [6.45, 7) is 1.62. The number of nitrogens with one attached hydrogen (secondary N) is 3. The molecule has 1 atom stereocenters. The number of hydrogen-bond donors (Lipinski definition) is 3. The molecule has 0 saturated carbocycles. The van der Waals surface area contributed by atoms with Crippen LogP contribution in [-0.2, 0) is 9.59 Å². The van der Waals surface area contributed by atoms with Gasteiger partial charge in [-0.25, -0.2) is 0 Å². The Kier molecular flexibility index (Phi) is 3.08. The van der Waals surface area contributed by atoms with Gasteiger partial charge in [0.05, 0.1) is 11.6 Å². The normalized spacial score (nSPS) is 21.3. The summed E-state index contributed by atoms with van der Waals surface area (Å²) >= 11 is 0. The fourth-order valence-electron chi connectivity index (χ4n) is 2.28. The average Bonchev–Trinajstić information content (AvgIpc) is 2.93. The molecule has 0 aromatic heterocycles. The summed E-state index contributed by atoms with van der Waals surface area (Å²) in [4.78, 5) is 23.1. The lowest BCUT2D eigenvalue weighted by molar-refractivity contribution is -0.119. The predicted molar refractivity (Wildman–Crippen MR) is 70.2 cm³/mol. The summed E-state index contributed by atoms with van der Waals surface area (Å²) < 4.78 is 5.31. The van der Waals surface area contributed by atoms with E-state index in [-0.39, 0.29) is 24.3 Å². The van der Waals surface area contributed by atoms with Crippen molar-refractivity contribution in [2.24, 2.45) is 5.92 Å². The molecule has 0 spiro atoms. The fourth-order valence-corrected chi connectivity index (χ4v) is 2.28. The summed E-state index contributed by atoms with van der Waals surface area (Å²) in [5.41, 5.74) is 1.32. The first kappa shape index (κ1) is 12.0. The number of carbonyl (C=O) groups is 2. The minimum absolute atomic E-state index is 0.0109. The largest absolute Gasteiger partial charge is 0.482 e. The third kappa shape index (κ3) is 2.53. The van der Waals surface area contributed by atoms with Crippen LogP contribution in [0.4, 0.5) is 11.4 Å². The zero-order valence-electron chi connectivity index (χ0n) is 10.4. The second-order valence-corrected chi connectivity index (χ2v) is 4.73. The second-order valence-electron chi connectivity index (χ2n) is 4.73. The number of ether oxygens (including phenoxy) is 1. The second kappa shape index (κ2) is 4.89. The standard InChI is InChI=1S/C13H15N3O3/c17-12-7-19-11-5-9(1-2-10(11)16-12)15-13(18)8-3-4-14-6-8/h1-2,5,8,14H,3-4,6-7H2,(H,15,18)(H,16,17). The number of amides is 2. The van der Waals surface area contributed by atoms with Crippen LogP contribution >= 0.6 is 0 Å². The average molecular weight is 261 g/mol. The Morgan fingerprint density at radius 3 is 3.11 bits per heavy atom. The first-order valence-electron chi connectivity index (χ1n) is 6.30. The molecule has 19 heavy (non-hydrogen) atoms. The van der Waals surface area contributed by atoms with Gasteiger partial charge < -0.3 is 20.7 Å². The molecule has 0 radical (unpaired) electrons. The molecule has 2 aliphatic heterocycles. The van der Waals surface area contributed by atoms with E-state index in [1.165, 1.54) is 0 Å². The Labute approximate surface area is 110 Å². The van der Waals surface area contributed by atoms with Gasteiger partial charge >= 0.3 is 0 Å². The Bertz CT molecular complexity index is 524. The van der Waals surface area contributed by atoms with Crippen LogP contribution in [0.15, 0.2) is 18.2 Å². The van der Waals surface area contributed by atoms with Gasteiger partial charge in [-0.1, -0.05) is 0 Å². The number of fused-ring (bicyclic) bond motifs is 1. The maximum absolute atomic E-state index is 12.0. The van der Waals surface area contributed by atoms with Crippen molar-refractivity contribution in [3.05, 3.63) is 18.2 Å². The van der Waals surface area contributed by atoms with Crippen molar-refractivity contribution in [2.45, 2.75) is 6.42 Å². The number of hydrogen-bond acceptors (Lipinski definition) is 4. The Hall–Kier alpha value is -2.08. The molecule has 100 valence electrons. The fraction of sp³-hybridized carbons (Fsp3) is 0.385. The predicted octanol–water partition coefficient (Wildman–Crippen LogP) is 0.565. The number of benzene rings is 1. The van der Waals surface area contributed by atoms with Crippen molar-refractivity contribution in [1.82, 2.24) is 5.32 Å². The van der Waals surface area contributed by atoms with E-state index in [9.17, 15) is 9.59 Å². The lowest BCUT2D eigenvalue weighted by atomic mass is 10.1. The van der Waals surface area contributed by atoms with Gasteiger partial charge in [0, 0.05) is 18.3 Å². The Morgan fingerprint density at radius 2 is 2.32 bits per heavy atom. The number of rotatable bonds is 2. The highest BCUT2D eigenvalue weighted by molar-refractivity contribution is 5.97. The molecule has 1 unspecified atom stereocenters. The van der Waals surface area contributed by atoms with Crippen LogP contribution in [0.3, 0.4) is 0 Å². The summed E-state index contributed by atoms with van der Waals surface area (Å²) in [5.74, 6) is 0.463. The van der Waals surface area contributed by atoms with Crippen molar-refractivity contribution < 1.29 is 14.3 Å². The molecule has 6 nitrogen and oxygen atoms in total. The lowest BCUT2D eigenvalue weighted by Gasteiger charge is -2.19. The van der Waals surface area contributed by atoms with Gasteiger partial charge in [-0.15, -0.1) is 0 Å². The van der Waals surface area contributed by atoms with Crippen molar-refractivity contribution >= 4 is 23.2 Å². The molecule has 1 aromatic rings. The van der Waals surface area contributed by atoms with Crippen LogP contribution < -0.4 is 20.7 Å². The topological polar surface area (TPSA) is 79.5 Å². The first-order valence-corrected chi connectivity index (χ1v) is 6.30. The van der Waals surface area contributed by atoms with Gasteiger partial charge in [-0.3, -0.25) is 9.59 Å². The van der Waals surface area contributed by atoms with Gasteiger partial charge in [-0.2, -0.15) is 0 Å². The van der Waals surface area contributed by atoms with Gasteiger partial charge in [0.2, 0.25) is 5.91 Å². The van der Waals surface area contributed by atoms with Gasteiger partial charge in [-0.05, 0) is 25.1 Å². The molecule has 3 N–H and O–H groups in total. The maximum atomic E-state index is 12.0. The van der Waals surface area contributed by atoms with E-state index in [0.29, 0.717) is 17.1 Å². The van der Waals surface area contributed by atoms with Crippen LogP contribution in [0.1, 0.15) is 6.42 Å². The molecule has 2 heterocycles. The maximum Gasteiger partial charge on any atom is 0.262 e. The molecule has 1 aromatic carbocycles. The molecular weight excluding hydrogens is 246 g/mol. The van der Waals surface area contributed by atoms with Crippen molar-refractivity contribution in [3.8, 4) is 5.75 Å². The highest BCUT2D eigenvalue weighted by atomic mass is 16.5. The van der Waals surface area contributed by atoms with Gasteiger partial charge in [0.25, 0.3) is 5.91 Å². The van der Waals surface area contributed by atoms with E-state index in [0.717, 1.165) is 19.5 Å². The molecule has 3 rings (SSSR count). The van der Waals surface area contributed by atoms with E-state index in [1.807, 2.05) is 0 Å². The first-order chi connectivity index (χ1) is 9.22.